The van der Waals surface area contributed by atoms with Gasteiger partial charge in [0.25, 0.3) is 5.91 Å². The third-order valence-corrected chi connectivity index (χ3v) is 5.84. The van der Waals surface area contributed by atoms with Gasteiger partial charge in [-0.1, -0.05) is 25.1 Å². The van der Waals surface area contributed by atoms with Gasteiger partial charge in [0.2, 0.25) is 0 Å². The standard InChI is InChI=1S/C22H26N2O3/c1-14-9-11-15(12-10-14)23-20(25)13-27-22(26)21-16-5-2-3-7-18(16)24-19-8-4-6-17(19)21/h2-3,5,7,14-15H,4,6,8-13H2,1H3,(H,23,25). The van der Waals surface area contributed by atoms with Crippen molar-refractivity contribution in [2.24, 2.45) is 5.92 Å². The Morgan fingerprint density at radius 3 is 2.74 bits per heavy atom. The second-order valence-corrected chi connectivity index (χ2v) is 7.88. The summed E-state index contributed by atoms with van der Waals surface area (Å²) in [5.74, 6) is 0.107. The molecule has 0 bridgehead atoms. The summed E-state index contributed by atoms with van der Waals surface area (Å²) in [7, 11) is 0. The number of esters is 1. The summed E-state index contributed by atoms with van der Waals surface area (Å²) in [5.41, 5.74) is 3.38. The Labute approximate surface area is 159 Å². The molecule has 5 heteroatoms. The van der Waals surface area contributed by atoms with Crippen molar-refractivity contribution in [1.29, 1.82) is 0 Å². The maximum absolute atomic E-state index is 12.8. The van der Waals surface area contributed by atoms with Gasteiger partial charge in [0.05, 0.1) is 11.1 Å². The second kappa shape index (κ2) is 7.67. The Hall–Kier alpha value is -2.43. The number of carbonyl (C=O) groups is 2. The highest BCUT2D eigenvalue weighted by atomic mass is 16.5. The van der Waals surface area contributed by atoms with E-state index >= 15 is 0 Å². The van der Waals surface area contributed by atoms with Crippen molar-refractivity contribution < 1.29 is 14.3 Å². The Bertz CT molecular complexity index is 869. The summed E-state index contributed by atoms with van der Waals surface area (Å²) in [6.45, 7) is 2.02. The monoisotopic (exact) mass is 366 g/mol. The van der Waals surface area contributed by atoms with Crippen LogP contribution in [0.1, 0.15) is 60.6 Å². The average Bonchev–Trinajstić information content (AvgIpc) is 3.14. The fourth-order valence-corrected chi connectivity index (χ4v) is 4.32. The molecule has 1 heterocycles. The van der Waals surface area contributed by atoms with Crippen LogP contribution in [0, 0.1) is 5.92 Å². The Morgan fingerprint density at radius 1 is 1.15 bits per heavy atom. The van der Waals surface area contributed by atoms with Crippen LogP contribution in [0.2, 0.25) is 0 Å². The first-order chi connectivity index (χ1) is 13.1. The molecule has 1 fully saturated rings. The Balaban J connectivity index is 1.45. The van der Waals surface area contributed by atoms with Gasteiger partial charge >= 0.3 is 5.97 Å². The van der Waals surface area contributed by atoms with Crippen LogP contribution in [-0.4, -0.2) is 29.5 Å². The molecule has 0 unspecified atom stereocenters. The summed E-state index contributed by atoms with van der Waals surface area (Å²) < 4.78 is 5.41. The van der Waals surface area contributed by atoms with Gasteiger partial charge in [0, 0.05) is 17.1 Å². The van der Waals surface area contributed by atoms with E-state index in [2.05, 4.69) is 12.2 Å². The first kappa shape index (κ1) is 18.0. The minimum absolute atomic E-state index is 0.207. The number of amides is 1. The van der Waals surface area contributed by atoms with Gasteiger partial charge in [-0.25, -0.2) is 4.79 Å². The van der Waals surface area contributed by atoms with Gasteiger partial charge in [-0.2, -0.15) is 0 Å². The van der Waals surface area contributed by atoms with Crippen molar-refractivity contribution in [2.45, 2.75) is 57.9 Å². The van der Waals surface area contributed by atoms with E-state index in [4.69, 9.17) is 9.72 Å². The first-order valence-electron chi connectivity index (χ1n) is 9.99. The predicted octanol–water partition coefficient (Wildman–Crippen LogP) is 3.58. The zero-order valence-corrected chi connectivity index (χ0v) is 15.8. The third kappa shape index (κ3) is 3.82. The number of para-hydroxylation sites is 1. The Morgan fingerprint density at radius 2 is 1.93 bits per heavy atom. The number of carbonyl (C=O) groups excluding carboxylic acids is 2. The normalized spacial score (nSPS) is 21.7. The molecule has 2 aromatic rings. The van der Waals surface area contributed by atoms with E-state index < -0.39 is 5.97 Å². The van der Waals surface area contributed by atoms with Crippen molar-refractivity contribution in [3.8, 4) is 0 Å². The van der Waals surface area contributed by atoms with Crippen LogP contribution < -0.4 is 5.32 Å². The number of rotatable bonds is 4. The maximum Gasteiger partial charge on any atom is 0.339 e. The number of pyridine rings is 1. The summed E-state index contributed by atoms with van der Waals surface area (Å²) in [5, 5.41) is 3.82. The molecule has 1 aromatic heterocycles. The number of ether oxygens (including phenoxy) is 1. The number of nitrogens with zero attached hydrogens (tertiary/aromatic N) is 1. The highest BCUT2D eigenvalue weighted by Crippen LogP contribution is 2.30. The van der Waals surface area contributed by atoms with Gasteiger partial charge in [0.1, 0.15) is 0 Å². The van der Waals surface area contributed by atoms with Crippen LogP contribution in [0.25, 0.3) is 10.9 Å². The van der Waals surface area contributed by atoms with Crippen molar-refractivity contribution in [1.82, 2.24) is 10.3 Å². The molecule has 27 heavy (non-hydrogen) atoms. The van der Waals surface area contributed by atoms with Crippen LogP contribution in [0.4, 0.5) is 0 Å². The van der Waals surface area contributed by atoms with Gasteiger partial charge in [-0.05, 0) is 62.5 Å². The van der Waals surface area contributed by atoms with E-state index in [1.165, 1.54) is 0 Å². The minimum Gasteiger partial charge on any atom is -0.452 e. The van der Waals surface area contributed by atoms with Crippen molar-refractivity contribution >= 4 is 22.8 Å². The molecule has 0 saturated heterocycles. The molecular weight excluding hydrogens is 340 g/mol. The number of nitrogens with one attached hydrogen (secondary N) is 1. The van der Waals surface area contributed by atoms with E-state index in [1.807, 2.05) is 24.3 Å². The van der Waals surface area contributed by atoms with E-state index in [0.29, 0.717) is 5.56 Å². The SMILES string of the molecule is CC1CCC(NC(=O)COC(=O)c2c3c(nc4ccccc24)CCC3)CC1. The third-order valence-electron chi connectivity index (χ3n) is 5.84. The fraction of sp³-hybridized carbons (Fsp3) is 0.500. The summed E-state index contributed by atoms with van der Waals surface area (Å²) >= 11 is 0. The minimum atomic E-state index is -0.417. The number of aryl methyl sites for hydroxylation is 1. The highest BCUT2D eigenvalue weighted by Gasteiger charge is 2.25. The molecule has 142 valence electrons. The van der Waals surface area contributed by atoms with E-state index in [0.717, 1.165) is 73.0 Å². The lowest BCUT2D eigenvalue weighted by Crippen LogP contribution is -2.39. The topological polar surface area (TPSA) is 68.3 Å². The molecule has 4 rings (SSSR count). The van der Waals surface area contributed by atoms with Crippen molar-refractivity contribution in [3.63, 3.8) is 0 Å². The largest absolute Gasteiger partial charge is 0.452 e. The molecular formula is C22H26N2O3. The van der Waals surface area contributed by atoms with E-state index in [9.17, 15) is 9.59 Å². The van der Waals surface area contributed by atoms with Crippen LogP contribution >= 0.6 is 0 Å². The van der Waals surface area contributed by atoms with Gasteiger partial charge in [-0.15, -0.1) is 0 Å². The number of benzene rings is 1. The number of hydrogen-bond donors (Lipinski definition) is 1. The molecule has 1 saturated carbocycles. The van der Waals surface area contributed by atoms with E-state index in [-0.39, 0.29) is 18.6 Å². The molecule has 0 atom stereocenters. The lowest BCUT2D eigenvalue weighted by Gasteiger charge is -2.26. The lowest BCUT2D eigenvalue weighted by molar-refractivity contribution is -0.125. The number of aromatic nitrogens is 1. The molecule has 0 radical (unpaired) electrons. The van der Waals surface area contributed by atoms with Crippen LogP contribution in [0.15, 0.2) is 24.3 Å². The predicted molar refractivity (Wildman–Crippen MR) is 104 cm³/mol. The summed E-state index contributed by atoms with van der Waals surface area (Å²) in [4.78, 5) is 29.7. The zero-order valence-electron chi connectivity index (χ0n) is 15.8. The number of fused-ring (bicyclic) bond motifs is 2. The van der Waals surface area contributed by atoms with Crippen LogP contribution in [-0.2, 0) is 22.4 Å². The molecule has 1 amide bonds. The number of hydrogen-bond acceptors (Lipinski definition) is 4. The van der Waals surface area contributed by atoms with Gasteiger partial charge in [-0.3, -0.25) is 9.78 Å². The maximum atomic E-state index is 12.8. The smallest absolute Gasteiger partial charge is 0.339 e. The molecule has 2 aliphatic rings. The lowest BCUT2D eigenvalue weighted by atomic mass is 9.87. The molecule has 0 aliphatic heterocycles. The van der Waals surface area contributed by atoms with Crippen molar-refractivity contribution in [3.05, 3.63) is 41.1 Å². The zero-order chi connectivity index (χ0) is 18.8. The summed E-state index contributed by atoms with van der Waals surface area (Å²) in [6, 6.07) is 7.85. The molecule has 2 aliphatic carbocycles. The quantitative estimate of drug-likeness (QED) is 0.840. The molecule has 1 N–H and O–H groups in total. The molecule has 1 aromatic carbocycles. The van der Waals surface area contributed by atoms with Gasteiger partial charge in [0.15, 0.2) is 6.61 Å². The average molecular weight is 366 g/mol. The van der Waals surface area contributed by atoms with Crippen molar-refractivity contribution in [2.75, 3.05) is 6.61 Å². The van der Waals surface area contributed by atoms with E-state index in [1.54, 1.807) is 0 Å². The second-order valence-electron chi connectivity index (χ2n) is 7.88. The summed E-state index contributed by atoms with van der Waals surface area (Å²) in [6.07, 6.45) is 7.01. The Kier molecular flexibility index (Phi) is 5.10. The fourth-order valence-electron chi connectivity index (χ4n) is 4.32. The molecule has 0 spiro atoms. The van der Waals surface area contributed by atoms with Crippen LogP contribution in [0.3, 0.4) is 0 Å². The van der Waals surface area contributed by atoms with Crippen LogP contribution in [0.5, 0.6) is 0 Å². The van der Waals surface area contributed by atoms with Gasteiger partial charge < -0.3 is 10.1 Å². The first-order valence-corrected chi connectivity index (χ1v) is 9.99. The highest BCUT2D eigenvalue weighted by molar-refractivity contribution is 6.05. The molecule has 5 nitrogen and oxygen atoms in total.